The summed E-state index contributed by atoms with van der Waals surface area (Å²) in [5.41, 5.74) is 1.97. The number of hydrogen-bond donors (Lipinski definition) is 2. The highest BCUT2D eigenvalue weighted by Crippen LogP contribution is 2.29. The molecule has 4 heteroatoms. The van der Waals surface area contributed by atoms with Crippen molar-refractivity contribution in [3.05, 3.63) is 58.6 Å². The highest BCUT2D eigenvalue weighted by atomic mass is 35.5. The van der Waals surface area contributed by atoms with Gasteiger partial charge in [-0.05, 0) is 30.7 Å². The lowest BCUT2D eigenvalue weighted by Crippen LogP contribution is -2.12. The molecule has 0 saturated heterocycles. The number of nitrogens with one attached hydrogen (secondary N) is 1. The number of halogens is 1. The fourth-order valence-corrected chi connectivity index (χ4v) is 2.05. The Bertz CT molecular complexity index is 555. The van der Waals surface area contributed by atoms with E-state index < -0.39 is 0 Å². The van der Waals surface area contributed by atoms with Crippen molar-refractivity contribution in [1.29, 1.82) is 0 Å². The number of rotatable bonds is 6. The molecule has 0 fully saturated rings. The van der Waals surface area contributed by atoms with Crippen molar-refractivity contribution in [1.82, 2.24) is 5.32 Å². The topological polar surface area (TPSA) is 41.5 Å². The minimum atomic E-state index is 0.206. The van der Waals surface area contributed by atoms with E-state index in [0.29, 0.717) is 18.9 Å². The Morgan fingerprint density at radius 1 is 1.10 bits per heavy atom. The summed E-state index contributed by atoms with van der Waals surface area (Å²) in [6.07, 6.45) is 0. The molecule has 0 saturated carbocycles. The highest BCUT2D eigenvalue weighted by molar-refractivity contribution is 6.30. The smallest absolute Gasteiger partial charge is 0.162 e. The number of para-hydroxylation sites is 1. The minimum Gasteiger partial charge on any atom is -0.504 e. The van der Waals surface area contributed by atoms with E-state index in [4.69, 9.17) is 16.3 Å². The van der Waals surface area contributed by atoms with E-state index in [9.17, 15) is 5.11 Å². The van der Waals surface area contributed by atoms with Crippen molar-refractivity contribution in [2.45, 2.75) is 20.0 Å². The SMILES string of the molecule is CCOc1cccc(CNCc2ccc(Cl)cc2)c1O. The van der Waals surface area contributed by atoms with Crippen LogP contribution in [0.1, 0.15) is 18.1 Å². The van der Waals surface area contributed by atoms with Crippen molar-refractivity contribution in [3.8, 4) is 11.5 Å². The van der Waals surface area contributed by atoms with Gasteiger partial charge in [-0.15, -0.1) is 0 Å². The van der Waals surface area contributed by atoms with Gasteiger partial charge in [0.2, 0.25) is 0 Å². The van der Waals surface area contributed by atoms with Gasteiger partial charge in [-0.1, -0.05) is 35.9 Å². The zero-order valence-electron chi connectivity index (χ0n) is 11.4. The van der Waals surface area contributed by atoms with Gasteiger partial charge in [0.25, 0.3) is 0 Å². The predicted molar refractivity (Wildman–Crippen MR) is 81.3 cm³/mol. The van der Waals surface area contributed by atoms with Gasteiger partial charge in [0.05, 0.1) is 6.61 Å². The summed E-state index contributed by atoms with van der Waals surface area (Å²) in [6.45, 7) is 3.73. The second kappa shape index (κ2) is 7.17. The Balaban J connectivity index is 1.94. The number of ether oxygens (including phenoxy) is 1. The fraction of sp³-hybridized carbons (Fsp3) is 0.250. The van der Waals surface area contributed by atoms with Crippen LogP contribution in [0.3, 0.4) is 0 Å². The molecule has 0 unspecified atom stereocenters. The lowest BCUT2D eigenvalue weighted by Gasteiger charge is -2.11. The van der Waals surface area contributed by atoms with E-state index >= 15 is 0 Å². The van der Waals surface area contributed by atoms with Crippen LogP contribution in [0, 0.1) is 0 Å². The fourth-order valence-electron chi connectivity index (χ4n) is 1.93. The molecule has 0 aliphatic carbocycles. The van der Waals surface area contributed by atoms with Gasteiger partial charge < -0.3 is 15.2 Å². The van der Waals surface area contributed by atoms with Crippen LogP contribution in [0.25, 0.3) is 0 Å². The highest BCUT2D eigenvalue weighted by Gasteiger charge is 2.07. The number of hydrogen-bond acceptors (Lipinski definition) is 3. The monoisotopic (exact) mass is 291 g/mol. The van der Waals surface area contributed by atoms with Crippen LogP contribution in [-0.4, -0.2) is 11.7 Å². The number of aromatic hydroxyl groups is 1. The van der Waals surface area contributed by atoms with Gasteiger partial charge in [-0.3, -0.25) is 0 Å². The van der Waals surface area contributed by atoms with Crippen molar-refractivity contribution >= 4 is 11.6 Å². The quantitative estimate of drug-likeness (QED) is 0.852. The van der Waals surface area contributed by atoms with Gasteiger partial charge in [-0.2, -0.15) is 0 Å². The first-order chi connectivity index (χ1) is 9.70. The van der Waals surface area contributed by atoms with Crippen molar-refractivity contribution in [3.63, 3.8) is 0 Å². The number of benzene rings is 2. The van der Waals surface area contributed by atoms with Crippen LogP contribution in [0.2, 0.25) is 5.02 Å². The van der Waals surface area contributed by atoms with Gasteiger partial charge in [-0.25, -0.2) is 0 Å². The van der Waals surface area contributed by atoms with Crippen LogP contribution in [0.15, 0.2) is 42.5 Å². The first-order valence-corrected chi connectivity index (χ1v) is 6.97. The van der Waals surface area contributed by atoms with E-state index in [1.807, 2.05) is 43.3 Å². The maximum absolute atomic E-state index is 10.1. The standard InChI is InChI=1S/C16H18ClNO2/c1-2-20-15-5-3-4-13(16(15)19)11-18-10-12-6-8-14(17)9-7-12/h3-9,18-19H,2,10-11H2,1H3. The average molecular weight is 292 g/mol. The molecule has 2 N–H and O–H groups in total. The maximum Gasteiger partial charge on any atom is 0.162 e. The summed E-state index contributed by atoms with van der Waals surface area (Å²) < 4.78 is 5.36. The zero-order valence-corrected chi connectivity index (χ0v) is 12.2. The molecule has 0 spiro atoms. The molecule has 0 aromatic heterocycles. The Morgan fingerprint density at radius 3 is 2.55 bits per heavy atom. The predicted octanol–water partition coefficient (Wildman–Crippen LogP) is 3.73. The average Bonchev–Trinajstić information content (AvgIpc) is 2.45. The Morgan fingerprint density at radius 2 is 1.85 bits per heavy atom. The molecule has 0 heterocycles. The molecule has 2 aromatic carbocycles. The Hall–Kier alpha value is -1.71. The summed E-state index contributed by atoms with van der Waals surface area (Å²) >= 11 is 5.84. The normalized spacial score (nSPS) is 10.5. The summed E-state index contributed by atoms with van der Waals surface area (Å²) in [4.78, 5) is 0. The molecule has 2 aromatic rings. The third-order valence-corrected chi connectivity index (χ3v) is 3.19. The van der Waals surface area contributed by atoms with Crippen LogP contribution >= 0.6 is 11.6 Å². The van der Waals surface area contributed by atoms with Crippen LogP contribution in [0.5, 0.6) is 11.5 Å². The maximum atomic E-state index is 10.1. The molecule has 0 radical (unpaired) electrons. The van der Waals surface area contributed by atoms with Gasteiger partial charge in [0.15, 0.2) is 11.5 Å². The van der Waals surface area contributed by atoms with E-state index in [0.717, 1.165) is 22.7 Å². The van der Waals surface area contributed by atoms with Crippen LogP contribution in [-0.2, 0) is 13.1 Å². The lowest BCUT2D eigenvalue weighted by atomic mass is 10.1. The Kier molecular flexibility index (Phi) is 5.27. The van der Waals surface area contributed by atoms with Crippen molar-refractivity contribution in [2.75, 3.05) is 6.61 Å². The summed E-state index contributed by atoms with van der Waals surface area (Å²) in [5, 5.41) is 14.1. The second-order valence-corrected chi connectivity index (χ2v) is 4.86. The number of phenols is 1. The van der Waals surface area contributed by atoms with Crippen molar-refractivity contribution in [2.24, 2.45) is 0 Å². The van der Waals surface area contributed by atoms with E-state index in [1.54, 1.807) is 6.07 Å². The molecule has 20 heavy (non-hydrogen) atoms. The van der Waals surface area contributed by atoms with Crippen LogP contribution in [0.4, 0.5) is 0 Å². The van der Waals surface area contributed by atoms with Crippen molar-refractivity contribution < 1.29 is 9.84 Å². The molecule has 0 aliphatic heterocycles. The molecule has 3 nitrogen and oxygen atoms in total. The lowest BCUT2D eigenvalue weighted by molar-refractivity contribution is 0.316. The second-order valence-electron chi connectivity index (χ2n) is 4.43. The number of phenolic OH excluding ortho intramolecular Hbond substituents is 1. The van der Waals surface area contributed by atoms with Crippen LogP contribution < -0.4 is 10.1 Å². The molecule has 106 valence electrons. The van der Waals surface area contributed by atoms with E-state index in [2.05, 4.69) is 5.32 Å². The first-order valence-electron chi connectivity index (χ1n) is 6.59. The summed E-state index contributed by atoms with van der Waals surface area (Å²) in [7, 11) is 0. The zero-order chi connectivity index (χ0) is 14.4. The molecule has 0 aliphatic rings. The molecule has 2 rings (SSSR count). The Labute approximate surface area is 124 Å². The third kappa shape index (κ3) is 3.89. The molecular weight excluding hydrogens is 274 g/mol. The third-order valence-electron chi connectivity index (χ3n) is 2.94. The van der Waals surface area contributed by atoms with E-state index in [-0.39, 0.29) is 5.75 Å². The summed E-state index contributed by atoms with van der Waals surface area (Å²) in [6, 6.07) is 13.2. The van der Waals surface area contributed by atoms with Gasteiger partial charge >= 0.3 is 0 Å². The first kappa shape index (κ1) is 14.7. The van der Waals surface area contributed by atoms with Gasteiger partial charge in [0, 0.05) is 23.7 Å². The van der Waals surface area contributed by atoms with E-state index in [1.165, 1.54) is 0 Å². The molecule has 0 atom stereocenters. The summed E-state index contributed by atoms with van der Waals surface area (Å²) in [5.74, 6) is 0.733. The minimum absolute atomic E-state index is 0.206. The largest absolute Gasteiger partial charge is 0.504 e. The van der Waals surface area contributed by atoms with Gasteiger partial charge in [0.1, 0.15) is 0 Å². The molecule has 0 amide bonds. The molecular formula is C16H18ClNO2. The molecule has 0 bridgehead atoms.